The minimum atomic E-state index is 0.346. The second-order valence-electron chi connectivity index (χ2n) is 4.49. The summed E-state index contributed by atoms with van der Waals surface area (Å²) in [5.41, 5.74) is 3.05. The molecule has 0 radical (unpaired) electrons. The number of halogens is 1. The first kappa shape index (κ1) is 13.6. The molecule has 0 saturated heterocycles. The van der Waals surface area contributed by atoms with Crippen LogP contribution in [0.2, 0.25) is 0 Å². The molecule has 3 aromatic rings. The molecule has 0 aliphatic heterocycles. The van der Waals surface area contributed by atoms with Gasteiger partial charge in [0.15, 0.2) is 0 Å². The number of ether oxygens (including phenoxy) is 1. The summed E-state index contributed by atoms with van der Waals surface area (Å²) < 4.78 is 5.65. The first-order valence-electron chi connectivity index (χ1n) is 6.57. The van der Waals surface area contributed by atoms with Gasteiger partial charge < -0.3 is 4.74 Å². The molecule has 0 aliphatic carbocycles. The Hall–Kier alpha value is -2.39. The molecule has 3 nitrogen and oxygen atoms in total. The van der Waals surface area contributed by atoms with Crippen molar-refractivity contribution in [3.63, 3.8) is 0 Å². The van der Waals surface area contributed by atoms with E-state index in [9.17, 15) is 0 Å². The lowest BCUT2D eigenvalue weighted by atomic mass is 10.1. The fourth-order valence-corrected chi connectivity index (χ4v) is 2.08. The van der Waals surface area contributed by atoms with Crippen LogP contribution in [-0.4, -0.2) is 10.2 Å². The Labute approximate surface area is 128 Å². The molecule has 0 atom stereocenters. The van der Waals surface area contributed by atoms with Crippen molar-refractivity contribution in [2.45, 2.75) is 5.88 Å². The first-order chi connectivity index (χ1) is 10.3. The second-order valence-corrected chi connectivity index (χ2v) is 4.76. The van der Waals surface area contributed by atoms with Crippen molar-refractivity contribution in [3.05, 3.63) is 72.4 Å². The van der Waals surface area contributed by atoms with E-state index in [1.54, 1.807) is 12.1 Å². The third kappa shape index (κ3) is 3.38. The molecule has 0 unspecified atom stereocenters. The largest absolute Gasteiger partial charge is 0.438 e. The first-order valence-corrected chi connectivity index (χ1v) is 7.10. The Morgan fingerprint density at radius 2 is 1.48 bits per heavy atom. The van der Waals surface area contributed by atoms with Crippen LogP contribution >= 0.6 is 11.6 Å². The molecule has 0 aliphatic rings. The zero-order valence-electron chi connectivity index (χ0n) is 11.2. The number of hydrogen-bond donors (Lipinski definition) is 0. The van der Waals surface area contributed by atoms with E-state index in [1.807, 2.05) is 42.5 Å². The topological polar surface area (TPSA) is 35.0 Å². The molecular weight excluding hydrogens is 284 g/mol. The smallest absolute Gasteiger partial charge is 0.238 e. The fraction of sp³-hybridized carbons (Fsp3) is 0.0588. The molecule has 0 saturated carbocycles. The van der Waals surface area contributed by atoms with E-state index < -0.39 is 0 Å². The van der Waals surface area contributed by atoms with Gasteiger partial charge in [0.25, 0.3) is 0 Å². The van der Waals surface area contributed by atoms with Crippen LogP contribution in [-0.2, 0) is 5.88 Å². The number of hydrogen-bond acceptors (Lipinski definition) is 3. The number of aromatic nitrogens is 2. The maximum Gasteiger partial charge on any atom is 0.238 e. The van der Waals surface area contributed by atoms with Crippen LogP contribution in [0.5, 0.6) is 11.6 Å². The Morgan fingerprint density at radius 1 is 0.762 bits per heavy atom. The van der Waals surface area contributed by atoms with Crippen LogP contribution in [0.1, 0.15) is 5.69 Å². The molecule has 104 valence electrons. The molecule has 0 amide bonds. The predicted molar refractivity (Wildman–Crippen MR) is 83.5 cm³/mol. The van der Waals surface area contributed by atoms with Crippen LogP contribution in [0, 0.1) is 0 Å². The molecule has 1 aromatic heterocycles. The highest BCUT2D eigenvalue weighted by Crippen LogP contribution is 2.24. The molecule has 21 heavy (non-hydrogen) atoms. The minimum absolute atomic E-state index is 0.346. The van der Waals surface area contributed by atoms with Crippen molar-refractivity contribution < 1.29 is 4.74 Å². The van der Waals surface area contributed by atoms with Gasteiger partial charge >= 0.3 is 0 Å². The van der Waals surface area contributed by atoms with E-state index in [4.69, 9.17) is 16.3 Å². The molecule has 0 N–H and O–H groups in total. The summed E-state index contributed by atoms with van der Waals surface area (Å²) in [4.78, 5) is 0. The van der Waals surface area contributed by atoms with Gasteiger partial charge in [0.2, 0.25) is 5.88 Å². The molecule has 4 heteroatoms. The summed E-state index contributed by atoms with van der Waals surface area (Å²) in [7, 11) is 0. The lowest BCUT2D eigenvalue weighted by Crippen LogP contribution is -1.93. The molecule has 3 rings (SSSR count). The van der Waals surface area contributed by atoms with Gasteiger partial charge in [-0.25, -0.2) is 0 Å². The highest BCUT2D eigenvalue weighted by Gasteiger charge is 2.01. The highest BCUT2D eigenvalue weighted by molar-refractivity contribution is 6.16. The van der Waals surface area contributed by atoms with Crippen LogP contribution in [0.4, 0.5) is 0 Å². The summed E-state index contributed by atoms with van der Waals surface area (Å²) in [6.07, 6.45) is 0. The quantitative estimate of drug-likeness (QED) is 0.656. The highest BCUT2D eigenvalue weighted by atomic mass is 35.5. The Balaban J connectivity index is 1.75. The lowest BCUT2D eigenvalue weighted by Gasteiger charge is -2.06. The van der Waals surface area contributed by atoms with Crippen LogP contribution in [0.25, 0.3) is 11.1 Å². The molecule has 0 spiro atoms. The monoisotopic (exact) mass is 296 g/mol. The average Bonchev–Trinajstić information content (AvgIpc) is 2.57. The third-order valence-corrected chi connectivity index (χ3v) is 3.29. The van der Waals surface area contributed by atoms with Gasteiger partial charge in [0.1, 0.15) is 5.75 Å². The van der Waals surface area contributed by atoms with Gasteiger partial charge in [-0.1, -0.05) is 42.5 Å². The Bertz CT molecular complexity index is 697. The van der Waals surface area contributed by atoms with Gasteiger partial charge in [-0.3, -0.25) is 0 Å². The van der Waals surface area contributed by atoms with Gasteiger partial charge in [-0.15, -0.1) is 16.7 Å². The van der Waals surface area contributed by atoms with Crippen molar-refractivity contribution >= 4 is 11.6 Å². The van der Waals surface area contributed by atoms with Gasteiger partial charge in [0, 0.05) is 6.07 Å². The molecule has 0 bridgehead atoms. The zero-order chi connectivity index (χ0) is 14.5. The molecule has 1 heterocycles. The number of nitrogens with zero attached hydrogens (tertiary/aromatic N) is 2. The van der Waals surface area contributed by atoms with Crippen LogP contribution in [0.15, 0.2) is 66.7 Å². The van der Waals surface area contributed by atoms with Crippen LogP contribution in [0.3, 0.4) is 0 Å². The summed E-state index contributed by atoms with van der Waals surface area (Å²) >= 11 is 5.67. The maximum atomic E-state index is 5.67. The van der Waals surface area contributed by atoms with Gasteiger partial charge in [0.05, 0.1) is 11.6 Å². The zero-order valence-corrected chi connectivity index (χ0v) is 12.0. The third-order valence-electron chi connectivity index (χ3n) is 3.02. The number of benzene rings is 2. The SMILES string of the molecule is ClCc1ccc(Oc2ccc(-c3ccccc3)cc2)nn1. The van der Waals surface area contributed by atoms with E-state index in [-0.39, 0.29) is 0 Å². The van der Waals surface area contributed by atoms with Crippen molar-refractivity contribution in [3.8, 4) is 22.8 Å². The maximum absolute atomic E-state index is 5.67. The van der Waals surface area contributed by atoms with E-state index >= 15 is 0 Å². The van der Waals surface area contributed by atoms with Crippen LogP contribution < -0.4 is 4.74 Å². The normalized spacial score (nSPS) is 10.3. The van der Waals surface area contributed by atoms with E-state index in [2.05, 4.69) is 22.3 Å². The van der Waals surface area contributed by atoms with Gasteiger partial charge in [-0.05, 0) is 29.3 Å². The predicted octanol–water partition coefficient (Wildman–Crippen LogP) is 4.67. The number of alkyl halides is 1. The average molecular weight is 297 g/mol. The molecule has 0 fully saturated rings. The van der Waals surface area contributed by atoms with E-state index in [0.29, 0.717) is 11.8 Å². The fourth-order valence-electron chi connectivity index (χ4n) is 1.94. The summed E-state index contributed by atoms with van der Waals surface area (Å²) in [5.74, 6) is 1.53. The summed E-state index contributed by atoms with van der Waals surface area (Å²) in [5, 5.41) is 7.92. The van der Waals surface area contributed by atoms with Crippen molar-refractivity contribution in [2.75, 3.05) is 0 Å². The molecular formula is C17H13ClN2O. The number of rotatable bonds is 4. The lowest BCUT2D eigenvalue weighted by molar-refractivity contribution is 0.454. The van der Waals surface area contributed by atoms with Crippen molar-refractivity contribution in [1.29, 1.82) is 0 Å². The summed E-state index contributed by atoms with van der Waals surface area (Å²) in [6, 6.07) is 21.6. The van der Waals surface area contributed by atoms with Crippen molar-refractivity contribution in [1.82, 2.24) is 10.2 Å². The van der Waals surface area contributed by atoms with Gasteiger partial charge in [-0.2, -0.15) is 5.10 Å². The van der Waals surface area contributed by atoms with E-state index in [0.717, 1.165) is 17.0 Å². The minimum Gasteiger partial charge on any atom is -0.438 e. The second kappa shape index (κ2) is 6.37. The standard InChI is InChI=1S/C17H13ClN2O/c18-12-15-8-11-17(20-19-15)21-16-9-6-14(7-10-16)13-4-2-1-3-5-13/h1-11H,12H2. The van der Waals surface area contributed by atoms with Crippen molar-refractivity contribution in [2.24, 2.45) is 0 Å². The molecule has 2 aromatic carbocycles. The Morgan fingerprint density at radius 3 is 2.10 bits per heavy atom. The van der Waals surface area contributed by atoms with E-state index in [1.165, 1.54) is 5.56 Å². The Kier molecular flexibility index (Phi) is 4.12. The summed E-state index contributed by atoms with van der Waals surface area (Å²) in [6.45, 7) is 0.